The minimum atomic E-state index is -1.66. The van der Waals surface area contributed by atoms with Gasteiger partial charge in [-0.3, -0.25) is 0 Å². The SMILES string of the molecule is CC1=C=P(=P(c2ccccc2)(c2ccccc2)c2ccccc2)C1. The maximum absolute atomic E-state index is 3.81. The highest BCUT2D eigenvalue weighted by molar-refractivity contribution is 8.23. The van der Waals surface area contributed by atoms with E-state index in [1.807, 2.05) is 0 Å². The van der Waals surface area contributed by atoms with Gasteiger partial charge in [-0.2, -0.15) is 0 Å². The fourth-order valence-corrected chi connectivity index (χ4v) is 14.1. The Labute approximate surface area is 144 Å². The molecule has 4 rings (SSSR count). The summed E-state index contributed by atoms with van der Waals surface area (Å²) in [6.07, 6.45) is 1.21. The molecule has 118 valence electrons. The lowest BCUT2D eigenvalue weighted by Gasteiger charge is -2.31. The van der Waals surface area contributed by atoms with Gasteiger partial charge >= 0.3 is 0 Å². The zero-order valence-corrected chi connectivity index (χ0v) is 15.6. The fraction of sp³-hybridized carbons (Fsp3) is 0.0909. The highest BCUT2D eigenvalue weighted by Gasteiger charge is 2.28. The Hall–Kier alpha value is -1.96. The van der Waals surface area contributed by atoms with E-state index in [1.54, 1.807) is 0 Å². The van der Waals surface area contributed by atoms with Crippen molar-refractivity contribution in [3.8, 4) is 0 Å². The van der Waals surface area contributed by atoms with E-state index in [-0.39, 0.29) is 6.83 Å². The zero-order valence-electron chi connectivity index (χ0n) is 13.8. The monoisotopic (exact) mass is 346 g/mol. The minimum absolute atomic E-state index is 0.290. The van der Waals surface area contributed by atoms with Crippen molar-refractivity contribution in [3.63, 3.8) is 0 Å². The summed E-state index contributed by atoms with van der Waals surface area (Å²) in [4.78, 5) is 0. The second kappa shape index (κ2) is 6.51. The van der Waals surface area contributed by atoms with Gasteiger partial charge in [0, 0.05) is 12.7 Å². The molecule has 1 atom stereocenters. The van der Waals surface area contributed by atoms with Crippen molar-refractivity contribution in [2.45, 2.75) is 6.92 Å². The first-order chi connectivity index (χ1) is 11.8. The van der Waals surface area contributed by atoms with Gasteiger partial charge in [-0.05, 0) is 28.4 Å². The Balaban J connectivity index is 2.23. The Morgan fingerprint density at radius 3 is 1.29 bits per heavy atom. The summed E-state index contributed by atoms with van der Waals surface area (Å²) in [6, 6.07) is 33.4. The van der Waals surface area contributed by atoms with E-state index in [2.05, 4.69) is 103 Å². The van der Waals surface area contributed by atoms with Gasteiger partial charge in [0.05, 0.1) is 0 Å². The molecule has 2 heteroatoms. The predicted molar refractivity (Wildman–Crippen MR) is 111 cm³/mol. The molecule has 1 aliphatic heterocycles. The van der Waals surface area contributed by atoms with Crippen LogP contribution in [0.4, 0.5) is 0 Å². The van der Waals surface area contributed by atoms with Crippen molar-refractivity contribution in [2.75, 3.05) is 6.16 Å². The molecular weight excluding hydrogens is 326 g/mol. The van der Waals surface area contributed by atoms with Crippen LogP contribution in [0.2, 0.25) is 0 Å². The van der Waals surface area contributed by atoms with E-state index in [0.717, 1.165) is 0 Å². The molecule has 24 heavy (non-hydrogen) atoms. The Morgan fingerprint density at radius 2 is 1.00 bits per heavy atom. The summed E-state index contributed by atoms with van der Waals surface area (Å²) < 4.78 is 0. The van der Waals surface area contributed by atoms with Crippen LogP contribution in [0.1, 0.15) is 6.92 Å². The summed E-state index contributed by atoms with van der Waals surface area (Å²) in [5.74, 6) is 0. The topological polar surface area (TPSA) is 0 Å². The molecule has 0 aliphatic carbocycles. The highest BCUT2D eigenvalue weighted by atomic mass is 31.8. The van der Waals surface area contributed by atoms with E-state index >= 15 is 0 Å². The van der Waals surface area contributed by atoms with Gasteiger partial charge in [-0.15, -0.1) is 0 Å². The summed E-state index contributed by atoms with van der Waals surface area (Å²) in [5, 5.41) is 4.44. The summed E-state index contributed by atoms with van der Waals surface area (Å²) >= 11 is 0. The molecule has 0 saturated heterocycles. The van der Waals surface area contributed by atoms with Gasteiger partial charge in [-0.1, -0.05) is 103 Å². The molecular formula is C22H20P2. The third-order valence-corrected chi connectivity index (χ3v) is 14.7. The molecule has 0 N–H and O–H groups in total. The number of rotatable bonds is 3. The molecule has 0 bridgehead atoms. The summed E-state index contributed by atoms with van der Waals surface area (Å²) in [5.41, 5.74) is 5.23. The molecule has 0 radical (unpaired) electrons. The third kappa shape index (κ3) is 2.49. The normalized spacial score (nSPS) is 15.2. The highest BCUT2D eigenvalue weighted by Crippen LogP contribution is 2.59. The maximum atomic E-state index is 3.81. The zero-order chi connectivity index (χ0) is 16.4. The molecule has 0 fully saturated rings. The van der Waals surface area contributed by atoms with Crippen LogP contribution in [0, 0.1) is 0 Å². The van der Waals surface area contributed by atoms with Crippen LogP contribution in [0.25, 0.3) is 0 Å². The van der Waals surface area contributed by atoms with Crippen LogP contribution in [-0.4, -0.2) is 11.6 Å². The molecule has 3 aromatic rings. The van der Waals surface area contributed by atoms with Crippen LogP contribution in [-0.2, 0) is 0 Å². The largest absolute Gasteiger partial charge is 0.0978 e. The van der Waals surface area contributed by atoms with Crippen molar-refractivity contribution in [2.24, 2.45) is 0 Å². The molecule has 0 amide bonds. The van der Waals surface area contributed by atoms with Crippen molar-refractivity contribution < 1.29 is 0 Å². The van der Waals surface area contributed by atoms with Gasteiger partial charge in [0.15, 0.2) is 0 Å². The van der Waals surface area contributed by atoms with E-state index < -0.39 is 6.55 Å². The van der Waals surface area contributed by atoms with E-state index in [1.165, 1.54) is 27.6 Å². The van der Waals surface area contributed by atoms with Crippen molar-refractivity contribution in [1.29, 1.82) is 0 Å². The summed E-state index contributed by atoms with van der Waals surface area (Å²) in [6.45, 7) is 0.265. The van der Waals surface area contributed by atoms with E-state index in [9.17, 15) is 0 Å². The average molecular weight is 346 g/mol. The minimum Gasteiger partial charge on any atom is -0.0978 e. The lowest BCUT2D eigenvalue weighted by atomic mass is 10.4. The first-order valence-corrected chi connectivity index (χ1v) is 12.3. The molecule has 1 heterocycles. The van der Waals surface area contributed by atoms with Crippen molar-refractivity contribution in [3.05, 3.63) is 96.6 Å². The first kappa shape index (κ1) is 15.6. The number of allylic oxidation sites excluding steroid dienone is 1. The van der Waals surface area contributed by atoms with Gasteiger partial charge < -0.3 is 0 Å². The molecule has 3 aromatic carbocycles. The fourth-order valence-electron chi connectivity index (χ4n) is 3.41. The molecule has 0 spiro atoms. The van der Waals surface area contributed by atoms with Crippen LogP contribution in [0.3, 0.4) is 0 Å². The maximum Gasteiger partial charge on any atom is 0.0223 e. The third-order valence-electron chi connectivity index (χ3n) is 4.46. The molecule has 1 unspecified atom stereocenters. The van der Waals surface area contributed by atoms with Crippen molar-refractivity contribution in [1.82, 2.24) is 0 Å². The standard InChI is InChI=1S/C22H20P2/c1-19-17-23(18-19)24(20-11-5-2-6-12-20,21-13-7-3-8-14-21)22-15-9-4-10-16-22/h2-16H,17H2,1H3. The molecule has 0 aromatic heterocycles. The molecule has 0 nitrogen and oxygen atoms in total. The second-order valence-corrected chi connectivity index (χ2v) is 13.5. The van der Waals surface area contributed by atoms with Gasteiger partial charge in [-0.25, -0.2) is 0 Å². The molecule has 1 aliphatic rings. The number of hydrogen-bond donors (Lipinski definition) is 0. The smallest absolute Gasteiger partial charge is 0.0223 e. The quantitative estimate of drug-likeness (QED) is 0.601. The predicted octanol–water partition coefficient (Wildman–Crippen LogP) is 4.74. The van der Waals surface area contributed by atoms with E-state index in [4.69, 9.17) is 0 Å². The average Bonchev–Trinajstić information content (AvgIpc) is 2.64. The lowest BCUT2D eigenvalue weighted by Crippen LogP contribution is -2.25. The van der Waals surface area contributed by atoms with Crippen LogP contribution < -0.4 is 15.9 Å². The Bertz CT molecular complexity index is 900. The number of benzene rings is 3. The number of hydrogen-bond acceptors (Lipinski definition) is 0. The second-order valence-electron chi connectivity index (χ2n) is 6.09. The lowest BCUT2D eigenvalue weighted by molar-refractivity contribution is 1.46. The van der Waals surface area contributed by atoms with Crippen molar-refractivity contribution >= 4 is 34.7 Å². The van der Waals surface area contributed by atoms with Gasteiger partial charge in [0.25, 0.3) is 0 Å². The summed E-state index contributed by atoms with van der Waals surface area (Å²) in [7, 11) is 0. The van der Waals surface area contributed by atoms with Crippen LogP contribution >= 0.6 is 13.4 Å². The Kier molecular flexibility index (Phi) is 4.22. The van der Waals surface area contributed by atoms with Crippen LogP contribution in [0.15, 0.2) is 96.6 Å². The Morgan fingerprint density at radius 1 is 0.667 bits per heavy atom. The first-order valence-electron chi connectivity index (χ1n) is 8.25. The van der Waals surface area contributed by atoms with Gasteiger partial charge in [0.1, 0.15) is 0 Å². The van der Waals surface area contributed by atoms with E-state index in [0.29, 0.717) is 0 Å². The molecule has 0 saturated carbocycles. The van der Waals surface area contributed by atoms with Gasteiger partial charge in [0.2, 0.25) is 0 Å². The van der Waals surface area contributed by atoms with Crippen LogP contribution in [0.5, 0.6) is 0 Å².